The van der Waals surface area contributed by atoms with Gasteiger partial charge in [-0.3, -0.25) is 9.69 Å². The predicted octanol–water partition coefficient (Wildman–Crippen LogP) is 2.17. The number of hydrogen-bond donors (Lipinski definition) is 0. The third-order valence-electron chi connectivity index (χ3n) is 4.81. The van der Waals surface area contributed by atoms with E-state index in [4.69, 9.17) is 11.6 Å². The SMILES string of the molecule is O=c1c2ccccc2nnn1CN1CCN(S(=O)(=O)c2ccc(Br)cc2Cl)CC1. The van der Waals surface area contributed by atoms with E-state index in [9.17, 15) is 13.2 Å². The summed E-state index contributed by atoms with van der Waals surface area (Å²) in [6.45, 7) is 1.78. The van der Waals surface area contributed by atoms with Gasteiger partial charge >= 0.3 is 0 Å². The van der Waals surface area contributed by atoms with Gasteiger partial charge in [0.1, 0.15) is 10.4 Å². The van der Waals surface area contributed by atoms with Crippen molar-refractivity contribution in [2.24, 2.45) is 0 Å². The lowest BCUT2D eigenvalue weighted by Crippen LogP contribution is -2.49. The van der Waals surface area contributed by atoms with Crippen LogP contribution in [-0.2, 0) is 16.7 Å². The number of halogens is 2. The second-order valence-corrected chi connectivity index (χ2v) is 9.88. The van der Waals surface area contributed by atoms with Crippen molar-refractivity contribution in [3.63, 3.8) is 0 Å². The molecule has 0 N–H and O–H groups in total. The Bertz CT molecular complexity index is 1230. The summed E-state index contributed by atoms with van der Waals surface area (Å²) in [5.74, 6) is 0. The number of hydrogen-bond acceptors (Lipinski definition) is 6. The van der Waals surface area contributed by atoms with Gasteiger partial charge in [0.2, 0.25) is 10.0 Å². The van der Waals surface area contributed by atoms with E-state index in [2.05, 4.69) is 26.2 Å². The number of piperazine rings is 1. The normalized spacial score (nSPS) is 16.3. The van der Waals surface area contributed by atoms with E-state index in [0.717, 1.165) is 0 Å². The summed E-state index contributed by atoms with van der Waals surface area (Å²) in [5.41, 5.74) is 0.336. The molecule has 11 heteroatoms. The van der Waals surface area contributed by atoms with Crippen LogP contribution < -0.4 is 5.56 Å². The first kappa shape index (κ1) is 20.4. The van der Waals surface area contributed by atoms with Crippen LogP contribution in [0.25, 0.3) is 10.9 Å². The average Bonchev–Trinajstić information content (AvgIpc) is 2.70. The molecule has 1 saturated heterocycles. The van der Waals surface area contributed by atoms with Crippen LogP contribution >= 0.6 is 27.5 Å². The number of benzene rings is 2. The quantitative estimate of drug-likeness (QED) is 0.548. The molecule has 1 aromatic heterocycles. The molecule has 2 aromatic carbocycles. The molecule has 4 rings (SSSR count). The molecule has 1 fully saturated rings. The zero-order chi connectivity index (χ0) is 20.6. The monoisotopic (exact) mass is 497 g/mol. The molecule has 3 aromatic rings. The zero-order valence-electron chi connectivity index (χ0n) is 15.2. The molecule has 0 amide bonds. The molecule has 0 bridgehead atoms. The Balaban J connectivity index is 1.47. The van der Waals surface area contributed by atoms with Gasteiger partial charge in [-0.1, -0.05) is 44.9 Å². The molecule has 0 unspecified atom stereocenters. The lowest BCUT2D eigenvalue weighted by atomic mass is 10.2. The van der Waals surface area contributed by atoms with Gasteiger partial charge in [-0.05, 0) is 30.3 Å². The van der Waals surface area contributed by atoms with Gasteiger partial charge in [-0.2, -0.15) is 8.99 Å². The minimum Gasteiger partial charge on any atom is -0.282 e. The maximum atomic E-state index is 12.9. The van der Waals surface area contributed by atoms with Crippen molar-refractivity contribution in [3.05, 3.63) is 62.3 Å². The maximum Gasteiger partial charge on any atom is 0.278 e. The standard InChI is InChI=1S/C18H17BrClN5O3S/c19-13-5-6-17(15(20)11-13)29(27,28)24-9-7-23(8-10-24)12-25-18(26)14-3-1-2-4-16(14)21-22-25/h1-6,11H,7-10,12H2. The lowest BCUT2D eigenvalue weighted by molar-refractivity contribution is 0.141. The van der Waals surface area contributed by atoms with Crippen LogP contribution in [0, 0.1) is 0 Å². The first-order valence-electron chi connectivity index (χ1n) is 8.86. The number of nitrogens with zero attached hydrogens (tertiary/aromatic N) is 5. The topological polar surface area (TPSA) is 88.4 Å². The molecule has 0 saturated carbocycles. The van der Waals surface area contributed by atoms with Crippen LogP contribution in [0.2, 0.25) is 5.02 Å². The van der Waals surface area contributed by atoms with Gasteiger partial charge in [0.05, 0.1) is 17.1 Å². The van der Waals surface area contributed by atoms with Gasteiger partial charge in [-0.15, -0.1) is 5.10 Å². The van der Waals surface area contributed by atoms with Crippen molar-refractivity contribution >= 4 is 48.5 Å². The minimum absolute atomic E-state index is 0.0902. The fourth-order valence-corrected chi connectivity index (χ4v) is 5.67. The molecular formula is C18H17BrClN5O3S. The fraction of sp³-hybridized carbons (Fsp3) is 0.278. The number of sulfonamides is 1. The van der Waals surface area contributed by atoms with Crippen LogP contribution in [0.1, 0.15) is 0 Å². The highest BCUT2D eigenvalue weighted by Gasteiger charge is 2.30. The smallest absolute Gasteiger partial charge is 0.278 e. The summed E-state index contributed by atoms with van der Waals surface area (Å²) in [7, 11) is -3.69. The largest absolute Gasteiger partial charge is 0.282 e. The Kier molecular flexibility index (Phi) is 5.71. The van der Waals surface area contributed by atoms with Crippen LogP contribution in [-0.4, -0.2) is 58.8 Å². The highest BCUT2D eigenvalue weighted by Crippen LogP contribution is 2.28. The molecule has 0 radical (unpaired) electrons. The van der Waals surface area contributed by atoms with E-state index < -0.39 is 10.0 Å². The minimum atomic E-state index is -3.69. The Morgan fingerprint density at radius 1 is 1.07 bits per heavy atom. The average molecular weight is 499 g/mol. The molecule has 8 nitrogen and oxygen atoms in total. The molecule has 0 aliphatic carbocycles. The van der Waals surface area contributed by atoms with Gasteiger partial charge < -0.3 is 0 Å². The predicted molar refractivity (Wildman–Crippen MR) is 113 cm³/mol. The van der Waals surface area contributed by atoms with Crippen molar-refractivity contribution < 1.29 is 8.42 Å². The number of fused-ring (bicyclic) bond motifs is 1. The zero-order valence-corrected chi connectivity index (χ0v) is 18.4. The third-order valence-corrected chi connectivity index (χ3v) is 7.68. The Hall–Kier alpha value is -1.85. The molecule has 152 valence electrons. The molecule has 0 spiro atoms. The van der Waals surface area contributed by atoms with Crippen LogP contribution in [0.4, 0.5) is 0 Å². The van der Waals surface area contributed by atoms with Gasteiger partial charge in [-0.25, -0.2) is 8.42 Å². The molecule has 1 aliphatic heterocycles. The molecular weight excluding hydrogens is 482 g/mol. The summed E-state index contributed by atoms with van der Waals surface area (Å²) in [5, 5.41) is 8.76. The van der Waals surface area contributed by atoms with Gasteiger partial charge in [0.25, 0.3) is 5.56 Å². The Labute approximate surface area is 180 Å². The van der Waals surface area contributed by atoms with E-state index >= 15 is 0 Å². The first-order valence-corrected chi connectivity index (χ1v) is 11.5. The van der Waals surface area contributed by atoms with E-state index in [-0.39, 0.29) is 22.1 Å². The van der Waals surface area contributed by atoms with Gasteiger partial charge in [0.15, 0.2) is 0 Å². The molecule has 1 aliphatic rings. The summed E-state index contributed by atoms with van der Waals surface area (Å²) >= 11 is 9.42. The first-order chi connectivity index (χ1) is 13.9. The highest BCUT2D eigenvalue weighted by molar-refractivity contribution is 9.10. The van der Waals surface area contributed by atoms with E-state index in [1.165, 1.54) is 15.1 Å². The third kappa shape index (κ3) is 4.08. The van der Waals surface area contributed by atoms with Crippen LogP contribution in [0.15, 0.2) is 56.6 Å². The summed E-state index contributed by atoms with van der Waals surface area (Å²) in [6, 6.07) is 11.8. The Morgan fingerprint density at radius 3 is 2.52 bits per heavy atom. The Morgan fingerprint density at radius 2 is 1.79 bits per heavy atom. The van der Waals surface area contributed by atoms with Crippen molar-refractivity contribution in [3.8, 4) is 0 Å². The second-order valence-electron chi connectivity index (χ2n) is 6.65. The molecule has 0 atom stereocenters. The van der Waals surface area contributed by atoms with Crippen molar-refractivity contribution in [2.45, 2.75) is 11.6 Å². The van der Waals surface area contributed by atoms with E-state index in [1.54, 1.807) is 36.4 Å². The van der Waals surface area contributed by atoms with Crippen molar-refractivity contribution in [2.75, 3.05) is 26.2 Å². The van der Waals surface area contributed by atoms with E-state index in [1.807, 2.05) is 4.90 Å². The van der Waals surface area contributed by atoms with Crippen LogP contribution in [0.3, 0.4) is 0 Å². The van der Waals surface area contributed by atoms with Crippen molar-refractivity contribution in [1.29, 1.82) is 0 Å². The molecule has 2 heterocycles. The summed E-state index contributed by atoms with van der Waals surface area (Å²) in [4.78, 5) is 14.6. The van der Waals surface area contributed by atoms with Crippen molar-refractivity contribution in [1.82, 2.24) is 24.2 Å². The van der Waals surface area contributed by atoms with Gasteiger partial charge in [0, 0.05) is 30.7 Å². The molecule has 29 heavy (non-hydrogen) atoms. The summed E-state index contributed by atoms with van der Waals surface area (Å²) in [6.07, 6.45) is 0. The number of rotatable bonds is 4. The van der Waals surface area contributed by atoms with E-state index in [0.29, 0.717) is 41.6 Å². The number of aromatic nitrogens is 3. The second kappa shape index (κ2) is 8.11. The fourth-order valence-electron chi connectivity index (χ4n) is 3.24. The highest BCUT2D eigenvalue weighted by atomic mass is 79.9. The maximum absolute atomic E-state index is 12.9. The van der Waals surface area contributed by atoms with Crippen LogP contribution in [0.5, 0.6) is 0 Å². The summed E-state index contributed by atoms with van der Waals surface area (Å²) < 4.78 is 29.3. The lowest BCUT2D eigenvalue weighted by Gasteiger charge is -2.33.